The summed E-state index contributed by atoms with van der Waals surface area (Å²) >= 11 is 1.39. The van der Waals surface area contributed by atoms with Crippen LogP contribution in [0.1, 0.15) is 28.7 Å². The molecule has 2 heterocycles. The number of nitro groups is 1. The lowest BCUT2D eigenvalue weighted by atomic mass is 10.1. The van der Waals surface area contributed by atoms with Gasteiger partial charge in [-0.1, -0.05) is 30.3 Å². The number of nitrogens with zero attached hydrogens (tertiary/aromatic N) is 5. The van der Waals surface area contributed by atoms with Crippen LogP contribution in [-0.4, -0.2) is 50.8 Å². The van der Waals surface area contributed by atoms with Gasteiger partial charge < -0.3 is 9.80 Å². The highest BCUT2D eigenvalue weighted by Gasteiger charge is 2.29. The Bertz CT molecular complexity index is 1040. The summed E-state index contributed by atoms with van der Waals surface area (Å²) in [5.74, 6) is 0.692. The van der Waals surface area contributed by atoms with Crippen molar-refractivity contribution < 1.29 is 9.72 Å². The van der Waals surface area contributed by atoms with Gasteiger partial charge in [0, 0.05) is 61.3 Å². The van der Waals surface area contributed by atoms with Crippen molar-refractivity contribution in [1.29, 1.82) is 0 Å². The molecule has 30 heavy (non-hydrogen) atoms. The average Bonchev–Trinajstić information content (AvgIpc) is 3.22. The fourth-order valence-corrected chi connectivity index (χ4v) is 4.27. The Morgan fingerprint density at radius 2 is 1.90 bits per heavy atom. The van der Waals surface area contributed by atoms with Gasteiger partial charge in [0.1, 0.15) is 5.82 Å². The number of carbonyl (C=O) groups is 1. The Hall–Kier alpha value is -3.33. The summed E-state index contributed by atoms with van der Waals surface area (Å²) in [6.07, 6.45) is 0.700. The van der Waals surface area contributed by atoms with Crippen molar-refractivity contribution in [3.63, 3.8) is 0 Å². The predicted molar refractivity (Wildman–Crippen MR) is 115 cm³/mol. The van der Waals surface area contributed by atoms with Gasteiger partial charge in [0.15, 0.2) is 0 Å². The van der Waals surface area contributed by atoms with Gasteiger partial charge in [-0.3, -0.25) is 14.9 Å². The smallest absolute Gasteiger partial charge is 0.269 e. The van der Waals surface area contributed by atoms with E-state index in [-0.39, 0.29) is 17.6 Å². The highest BCUT2D eigenvalue weighted by Crippen LogP contribution is 2.24. The molecule has 0 bridgehead atoms. The number of carbonyl (C=O) groups excluding carboxylic acids is 1. The number of hydrogen-bond donors (Lipinski definition) is 0. The summed E-state index contributed by atoms with van der Waals surface area (Å²) in [6.45, 7) is 3.90. The molecule has 0 aliphatic carbocycles. The molecule has 1 aliphatic heterocycles. The molecule has 1 aliphatic rings. The van der Waals surface area contributed by atoms with Gasteiger partial charge in [0.05, 0.1) is 4.92 Å². The highest BCUT2D eigenvalue weighted by molar-refractivity contribution is 7.09. The van der Waals surface area contributed by atoms with Crippen LogP contribution in [0.3, 0.4) is 0 Å². The molecule has 2 aromatic carbocycles. The number of aromatic nitrogens is 2. The van der Waals surface area contributed by atoms with Crippen molar-refractivity contribution in [3.05, 3.63) is 81.7 Å². The van der Waals surface area contributed by atoms with Crippen molar-refractivity contribution in [2.75, 3.05) is 24.5 Å². The Morgan fingerprint density at radius 1 is 1.17 bits per heavy atom. The molecule has 4 rings (SSSR count). The number of nitro benzene ring substituents is 1. The maximum atomic E-state index is 12.9. The summed E-state index contributed by atoms with van der Waals surface area (Å²) in [4.78, 5) is 31.8. The average molecular weight is 423 g/mol. The number of non-ortho nitro benzene ring substituents is 1. The van der Waals surface area contributed by atoms with E-state index in [1.54, 1.807) is 0 Å². The fourth-order valence-electron chi connectivity index (χ4n) is 3.55. The van der Waals surface area contributed by atoms with Crippen LogP contribution in [0.5, 0.6) is 0 Å². The molecule has 1 atom stereocenters. The first-order valence-electron chi connectivity index (χ1n) is 9.68. The van der Waals surface area contributed by atoms with Gasteiger partial charge in [0.25, 0.3) is 11.6 Å². The molecule has 0 saturated carbocycles. The SMILES string of the molecule is CC1CN(c2nc(Cc3ccccc3)ns2)CCN1C(=O)c1ccc([N+](=O)[O-])cc1. The van der Waals surface area contributed by atoms with E-state index in [9.17, 15) is 14.9 Å². The van der Waals surface area contributed by atoms with E-state index in [2.05, 4.69) is 26.4 Å². The zero-order valence-electron chi connectivity index (χ0n) is 16.5. The Labute approximate surface area is 178 Å². The second-order valence-electron chi connectivity index (χ2n) is 7.25. The molecule has 1 unspecified atom stereocenters. The van der Waals surface area contributed by atoms with E-state index in [1.807, 2.05) is 30.0 Å². The van der Waals surface area contributed by atoms with Gasteiger partial charge in [0.2, 0.25) is 5.13 Å². The molecular weight excluding hydrogens is 402 g/mol. The van der Waals surface area contributed by atoms with Crippen molar-refractivity contribution in [2.24, 2.45) is 0 Å². The minimum absolute atomic E-state index is 0.0112. The molecule has 1 amide bonds. The highest BCUT2D eigenvalue weighted by atomic mass is 32.1. The third kappa shape index (κ3) is 4.30. The molecule has 9 heteroatoms. The Morgan fingerprint density at radius 3 is 2.57 bits per heavy atom. The quantitative estimate of drug-likeness (QED) is 0.461. The van der Waals surface area contributed by atoms with Gasteiger partial charge in [-0.15, -0.1) is 0 Å². The van der Waals surface area contributed by atoms with Crippen LogP contribution < -0.4 is 4.90 Å². The second kappa shape index (κ2) is 8.58. The molecule has 154 valence electrons. The minimum Gasteiger partial charge on any atom is -0.343 e. The monoisotopic (exact) mass is 423 g/mol. The zero-order chi connectivity index (χ0) is 21.1. The molecule has 1 aromatic heterocycles. The van der Waals surface area contributed by atoms with Crippen LogP contribution in [0.2, 0.25) is 0 Å². The summed E-state index contributed by atoms with van der Waals surface area (Å²) in [7, 11) is 0. The lowest BCUT2D eigenvalue weighted by Gasteiger charge is -2.39. The molecule has 0 N–H and O–H groups in total. The maximum Gasteiger partial charge on any atom is 0.269 e. The van der Waals surface area contributed by atoms with Crippen LogP contribution in [0.15, 0.2) is 54.6 Å². The first-order valence-corrected chi connectivity index (χ1v) is 10.5. The first kappa shape index (κ1) is 20.0. The molecule has 1 saturated heterocycles. The second-order valence-corrected chi connectivity index (χ2v) is 7.98. The van der Waals surface area contributed by atoms with Crippen LogP contribution in [0.4, 0.5) is 10.8 Å². The molecule has 3 aromatic rings. The summed E-state index contributed by atoms with van der Waals surface area (Å²) in [6, 6.07) is 15.9. The molecular formula is C21H21N5O3S. The minimum atomic E-state index is -0.468. The van der Waals surface area contributed by atoms with E-state index in [0.717, 1.165) is 11.0 Å². The van der Waals surface area contributed by atoms with E-state index in [1.165, 1.54) is 41.4 Å². The lowest BCUT2D eigenvalue weighted by Crippen LogP contribution is -2.54. The number of hydrogen-bond acceptors (Lipinski definition) is 7. The van der Waals surface area contributed by atoms with Crippen LogP contribution in [0, 0.1) is 10.1 Å². The number of anilines is 1. The van der Waals surface area contributed by atoms with Crippen molar-refractivity contribution in [1.82, 2.24) is 14.3 Å². The van der Waals surface area contributed by atoms with Crippen LogP contribution in [0.25, 0.3) is 0 Å². The summed E-state index contributed by atoms with van der Waals surface area (Å²) in [5.41, 5.74) is 1.61. The van der Waals surface area contributed by atoms with Crippen molar-refractivity contribution >= 4 is 28.3 Å². The third-order valence-electron chi connectivity index (χ3n) is 5.15. The van der Waals surface area contributed by atoms with Gasteiger partial charge in [-0.2, -0.15) is 4.37 Å². The van der Waals surface area contributed by atoms with Gasteiger partial charge >= 0.3 is 0 Å². The third-order valence-corrected chi connectivity index (χ3v) is 5.96. The number of benzene rings is 2. The van der Waals surface area contributed by atoms with E-state index in [4.69, 9.17) is 0 Å². The maximum absolute atomic E-state index is 12.9. The molecule has 0 spiro atoms. The Balaban J connectivity index is 1.39. The largest absolute Gasteiger partial charge is 0.343 e. The molecule has 1 fully saturated rings. The number of amides is 1. The number of rotatable bonds is 5. The van der Waals surface area contributed by atoms with Crippen molar-refractivity contribution in [3.8, 4) is 0 Å². The van der Waals surface area contributed by atoms with E-state index in [0.29, 0.717) is 31.6 Å². The van der Waals surface area contributed by atoms with Crippen LogP contribution in [-0.2, 0) is 6.42 Å². The van der Waals surface area contributed by atoms with Gasteiger partial charge in [-0.05, 0) is 24.6 Å². The van der Waals surface area contributed by atoms with Crippen molar-refractivity contribution in [2.45, 2.75) is 19.4 Å². The van der Waals surface area contributed by atoms with Crippen LogP contribution >= 0.6 is 11.5 Å². The normalized spacial score (nSPS) is 16.5. The number of piperazine rings is 1. The molecule has 0 radical (unpaired) electrons. The van der Waals surface area contributed by atoms with E-state index < -0.39 is 4.92 Å². The lowest BCUT2D eigenvalue weighted by molar-refractivity contribution is -0.384. The first-order chi connectivity index (χ1) is 14.5. The Kier molecular flexibility index (Phi) is 5.71. The zero-order valence-corrected chi connectivity index (χ0v) is 17.3. The summed E-state index contributed by atoms with van der Waals surface area (Å²) in [5, 5.41) is 11.7. The topological polar surface area (TPSA) is 92.5 Å². The summed E-state index contributed by atoms with van der Waals surface area (Å²) < 4.78 is 4.49. The van der Waals surface area contributed by atoms with Gasteiger partial charge in [-0.25, -0.2) is 4.98 Å². The predicted octanol–water partition coefficient (Wildman–Crippen LogP) is 3.39. The molecule has 8 nitrogen and oxygen atoms in total. The fraction of sp³-hybridized carbons (Fsp3) is 0.286. The van der Waals surface area contributed by atoms with E-state index >= 15 is 0 Å². The standard InChI is InChI=1S/C21H21N5O3S/c1-15-14-24(21-22-19(23-30-21)13-16-5-3-2-4-6-16)11-12-25(15)20(27)17-7-9-18(10-8-17)26(28)29/h2-10,15H,11-14H2,1H3.